The summed E-state index contributed by atoms with van der Waals surface area (Å²) in [5.41, 5.74) is 5.60. The largest absolute Gasteiger partial charge is 0.393 e. The molecule has 1 heterocycles. The fourth-order valence-electron chi connectivity index (χ4n) is 2.13. The third-order valence-corrected chi connectivity index (χ3v) is 3.48. The van der Waals surface area contributed by atoms with Crippen LogP contribution in [0.25, 0.3) is 0 Å². The Morgan fingerprint density at radius 2 is 2.29 bits per heavy atom. The number of thiocarbonyl (C=S) groups is 1. The van der Waals surface area contributed by atoms with Crippen molar-refractivity contribution < 1.29 is 9.53 Å². The second kappa shape index (κ2) is 6.91. The van der Waals surface area contributed by atoms with Crippen molar-refractivity contribution in [2.45, 2.75) is 39.2 Å². The van der Waals surface area contributed by atoms with Crippen LogP contribution in [0, 0.1) is 5.92 Å². The molecular weight excluding hydrogens is 236 g/mol. The van der Waals surface area contributed by atoms with Gasteiger partial charge in [0.2, 0.25) is 5.91 Å². The number of carbonyl (C=O) groups excluding carboxylic acids is 1. The van der Waals surface area contributed by atoms with Crippen molar-refractivity contribution >= 4 is 23.1 Å². The Morgan fingerprint density at radius 1 is 1.59 bits per heavy atom. The van der Waals surface area contributed by atoms with Gasteiger partial charge in [-0.1, -0.05) is 19.1 Å². The molecule has 1 amide bonds. The minimum absolute atomic E-state index is 0.0398. The number of ether oxygens (including phenoxy) is 1. The Morgan fingerprint density at radius 3 is 2.71 bits per heavy atom. The summed E-state index contributed by atoms with van der Waals surface area (Å²) in [6.45, 7) is 6.05. The van der Waals surface area contributed by atoms with Gasteiger partial charge in [0, 0.05) is 19.7 Å². The van der Waals surface area contributed by atoms with E-state index in [-0.39, 0.29) is 17.9 Å². The van der Waals surface area contributed by atoms with Gasteiger partial charge >= 0.3 is 0 Å². The number of hydrogen-bond donors (Lipinski definition) is 1. The van der Waals surface area contributed by atoms with E-state index < -0.39 is 0 Å². The quantitative estimate of drug-likeness (QED) is 0.730. The summed E-state index contributed by atoms with van der Waals surface area (Å²) in [4.78, 5) is 14.3. The highest BCUT2D eigenvalue weighted by Crippen LogP contribution is 2.15. The first-order valence-electron chi connectivity index (χ1n) is 6.29. The second-order valence-corrected chi connectivity index (χ2v) is 4.85. The molecule has 0 aliphatic carbocycles. The summed E-state index contributed by atoms with van der Waals surface area (Å²) >= 11 is 4.94. The van der Waals surface area contributed by atoms with Crippen molar-refractivity contribution in [1.29, 1.82) is 0 Å². The Kier molecular flexibility index (Phi) is 5.85. The number of nitrogens with zero attached hydrogens (tertiary/aromatic N) is 1. The van der Waals surface area contributed by atoms with Crippen molar-refractivity contribution in [3.05, 3.63) is 0 Å². The Bertz CT molecular complexity index is 278. The molecule has 0 aromatic rings. The lowest BCUT2D eigenvalue weighted by molar-refractivity contribution is -0.134. The fourth-order valence-corrected chi connectivity index (χ4v) is 2.39. The predicted molar refractivity (Wildman–Crippen MR) is 71.8 cm³/mol. The monoisotopic (exact) mass is 258 g/mol. The number of amides is 1. The van der Waals surface area contributed by atoms with Crippen LogP contribution < -0.4 is 5.73 Å². The molecule has 1 saturated heterocycles. The van der Waals surface area contributed by atoms with Gasteiger partial charge in [-0.2, -0.15) is 0 Å². The van der Waals surface area contributed by atoms with Crippen LogP contribution in [0.15, 0.2) is 0 Å². The highest BCUT2D eigenvalue weighted by Gasteiger charge is 2.27. The predicted octanol–water partition coefficient (Wildman–Crippen LogP) is 1.33. The van der Waals surface area contributed by atoms with Gasteiger partial charge in [0.1, 0.15) is 0 Å². The maximum absolute atomic E-state index is 12.2. The topological polar surface area (TPSA) is 55.6 Å². The zero-order chi connectivity index (χ0) is 12.8. The molecule has 1 aliphatic rings. The third-order valence-electron chi connectivity index (χ3n) is 3.19. The van der Waals surface area contributed by atoms with Gasteiger partial charge < -0.3 is 15.4 Å². The van der Waals surface area contributed by atoms with Gasteiger partial charge in [0.05, 0.1) is 17.0 Å². The molecule has 0 spiro atoms. The number of carbonyl (C=O) groups is 1. The van der Waals surface area contributed by atoms with Crippen LogP contribution >= 0.6 is 12.2 Å². The number of rotatable bonds is 6. The van der Waals surface area contributed by atoms with Crippen LogP contribution in [-0.4, -0.2) is 41.6 Å². The molecule has 0 bridgehead atoms. The molecule has 4 nitrogen and oxygen atoms in total. The van der Waals surface area contributed by atoms with Crippen LogP contribution in [-0.2, 0) is 9.53 Å². The molecule has 17 heavy (non-hydrogen) atoms. The van der Waals surface area contributed by atoms with E-state index in [1.54, 1.807) is 0 Å². The van der Waals surface area contributed by atoms with E-state index in [0.29, 0.717) is 24.5 Å². The smallest absolute Gasteiger partial charge is 0.232 e. The van der Waals surface area contributed by atoms with Gasteiger partial charge in [0.15, 0.2) is 0 Å². The van der Waals surface area contributed by atoms with Crippen molar-refractivity contribution in [3.8, 4) is 0 Å². The SMILES string of the molecule is CCC(C(=O)N(CC)CC1CCCO1)C(N)=S. The molecule has 0 aromatic heterocycles. The molecule has 5 heteroatoms. The highest BCUT2D eigenvalue weighted by molar-refractivity contribution is 7.80. The molecule has 1 aliphatic heterocycles. The van der Waals surface area contributed by atoms with Crippen molar-refractivity contribution in [1.82, 2.24) is 4.90 Å². The van der Waals surface area contributed by atoms with Crippen LogP contribution in [0.1, 0.15) is 33.1 Å². The lowest BCUT2D eigenvalue weighted by Gasteiger charge is -2.27. The van der Waals surface area contributed by atoms with Gasteiger partial charge in [-0.05, 0) is 26.2 Å². The van der Waals surface area contributed by atoms with E-state index >= 15 is 0 Å². The highest BCUT2D eigenvalue weighted by atomic mass is 32.1. The first-order valence-corrected chi connectivity index (χ1v) is 6.70. The van der Waals surface area contributed by atoms with Crippen molar-refractivity contribution in [3.63, 3.8) is 0 Å². The number of hydrogen-bond acceptors (Lipinski definition) is 3. The molecule has 2 atom stereocenters. The van der Waals surface area contributed by atoms with Gasteiger partial charge in [0.25, 0.3) is 0 Å². The summed E-state index contributed by atoms with van der Waals surface area (Å²) in [5, 5.41) is 0. The molecule has 0 aromatic carbocycles. The molecule has 0 radical (unpaired) electrons. The molecule has 1 fully saturated rings. The minimum atomic E-state index is -0.327. The molecule has 1 rings (SSSR count). The second-order valence-electron chi connectivity index (χ2n) is 4.38. The summed E-state index contributed by atoms with van der Waals surface area (Å²) in [6, 6.07) is 0. The third kappa shape index (κ3) is 3.92. The van der Waals surface area contributed by atoms with E-state index in [9.17, 15) is 4.79 Å². The van der Waals surface area contributed by atoms with E-state index in [0.717, 1.165) is 19.4 Å². The Hall–Kier alpha value is -0.680. The average Bonchev–Trinajstić information content (AvgIpc) is 2.78. The first kappa shape index (κ1) is 14.4. The lowest BCUT2D eigenvalue weighted by Crippen LogP contribution is -2.44. The number of likely N-dealkylation sites (N-methyl/N-ethyl adjacent to an activating group) is 1. The molecule has 2 unspecified atom stereocenters. The van der Waals surface area contributed by atoms with Gasteiger partial charge in [-0.25, -0.2) is 0 Å². The summed E-state index contributed by atoms with van der Waals surface area (Å²) in [7, 11) is 0. The Labute approximate surface area is 108 Å². The summed E-state index contributed by atoms with van der Waals surface area (Å²) in [6.07, 6.45) is 2.97. The van der Waals surface area contributed by atoms with Crippen LogP contribution in [0.4, 0.5) is 0 Å². The van der Waals surface area contributed by atoms with Crippen LogP contribution in [0.5, 0.6) is 0 Å². The van der Waals surface area contributed by atoms with E-state index in [4.69, 9.17) is 22.7 Å². The normalized spacial score (nSPS) is 21.2. The maximum atomic E-state index is 12.2. The zero-order valence-electron chi connectivity index (χ0n) is 10.6. The minimum Gasteiger partial charge on any atom is -0.393 e. The molecule has 2 N–H and O–H groups in total. The van der Waals surface area contributed by atoms with Crippen molar-refractivity contribution in [2.75, 3.05) is 19.7 Å². The standard InChI is InChI=1S/C12H22N2O2S/c1-3-10(11(13)17)12(15)14(4-2)8-9-6-5-7-16-9/h9-10H,3-8H2,1-2H3,(H2,13,17). The first-order chi connectivity index (χ1) is 8.10. The zero-order valence-corrected chi connectivity index (χ0v) is 11.5. The number of nitrogens with two attached hydrogens (primary N) is 1. The molecular formula is C12H22N2O2S. The maximum Gasteiger partial charge on any atom is 0.232 e. The fraction of sp³-hybridized carbons (Fsp3) is 0.833. The van der Waals surface area contributed by atoms with Gasteiger partial charge in [-0.15, -0.1) is 0 Å². The van der Waals surface area contributed by atoms with Crippen molar-refractivity contribution in [2.24, 2.45) is 11.7 Å². The van der Waals surface area contributed by atoms with E-state index in [1.165, 1.54) is 0 Å². The van der Waals surface area contributed by atoms with Gasteiger partial charge in [-0.3, -0.25) is 4.79 Å². The summed E-state index contributed by atoms with van der Waals surface area (Å²) in [5.74, 6) is -0.288. The van der Waals surface area contributed by atoms with E-state index in [2.05, 4.69) is 0 Å². The van der Waals surface area contributed by atoms with Crippen LogP contribution in [0.2, 0.25) is 0 Å². The molecule has 98 valence electrons. The Balaban J connectivity index is 2.58. The lowest BCUT2D eigenvalue weighted by atomic mass is 10.0. The molecule has 0 saturated carbocycles. The summed E-state index contributed by atoms with van der Waals surface area (Å²) < 4.78 is 5.55. The average molecular weight is 258 g/mol. The van der Waals surface area contributed by atoms with E-state index in [1.807, 2.05) is 18.7 Å². The van der Waals surface area contributed by atoms with Crippen LogP contribution in [0.3, 0.4) is 0 Å².